The molecule has 0 unspecified atom stereocenters. The fraction of sp³-hybridized carbons (Fsp3) is 1.00. The Morgan fingerprint density at radius 2 is 1.43 bits per heavy atom. The molecule has 0 atom stereocenters. The van der Waals surface area contributed by atoms with Gasteiger partial charge in [0.2, 0.25) is 0 Å². The molecule has 0 fully saturated rings. The van der Waals surface area contributed by atoms with E-state index in [0.29, 0.717) is 0 Å². The number of hydrogen-bond donors (Lipinski definition) is 0. The van der Waals surface area contributed by atoms with Gasteiger partial charge in [-0.2, -0.15) is 0 Å². The minimum absolute atomic E-state index is 0. The third kappa shape index (κ3) is 10.9. The Hall–Kier alpha value is 0.920. The molecule has 0 saturated carbocycles. The van der Waals surface area contributed by atoms with Gasteiger partial charge in [-0.1, -0.05) is 0 Å². The molecule has 0 aromatic carbocycles. The van der Waals surface area contributed by atoms with Gasteiger partial charge in [-0.25, -0.2) is 0 Å². The van der Waals surface area contributed by atoms with Crippen LogP contribution >= 0.6 is 0 Å². The molecular weight excluding hydrogens is 103 g/mol. The van der Waals surface area contributed by atoms with E-state index in [1.54, 1.807) is 20.8 Å². The minimum atomic E-state index is -0.514. The van der Waals surface area contributed by atoms with Crippen molar-refractivity contribution in [2.45, 2.75) is 26.4 Å². The molecule has 0 amide bonds. The molecule has 0 bridgehead atoms. The summed E-state index contributed by atoms with van der Waals surface area (Å²) in [6.07, 6.45) is 0. The fourth-order valence-electron chi connectivity index (χ4n) is 0. The maximum atomic E-state index is 9.45. The summed E-state index contributed by atoms with van der Waals surface area (Å²) in [6, 6.07) is 0. The largest absolute Gasteiger partial charge is 1.00 e. The van der Waals surface area contributed by atoms with Crippen LogP contribution < -0.4 is 34.8 Å². The predicted molar refractivity (Wildman–Crippen MR) is 20.8 cm³/mol. The minimum Gasteiger partial charge on any atom is -0.723 e. The molecule has 0 heterocycles. The van der Waals surface area contributed by atoms with E-state index in [4.69, 9.17) is 0 Å². The summed E-state index contributed by atoms with van der Waals surface area (Å²) in [4.78, 5) is 3.69. The first-order valence-corrected chi connectivity index (χ1v) is 1.87. The van der Waals surface area contributed by atoms with Gasteiger partial charge in [0.1, 0.15) is 0 Å². The topological polar surface area (TPSA) is 32.3 Å². The average Bonchev–Trinajstić information content (AvgIpc) is 1.35. The van der Waals surface area contributed by atoms with Gasteiger partial charge in [-0.15, -0.1) is 0 Å². The normalized spacial score (nSPS) is 10.3. The molecule has 0 aliphatic rings. The maximum absolute atomic E-state index is 9.45. The van der Waals surface area contributed by atoms with E-state index in [0.717, 1.165) is 0 Å². The van der Waals surface area contributed by atoms with Crippen LogP contribution in [0.4, 0.5) is 0 Å². The Morgan fingerprint density at radius 3 is 1.43 bits per heavy atom. The predicted octanol–water partition coefficient (Wildman–Crippen LogP) is -2.92. The van der Waals surface area contributed by atoms with Crippen LogP contribution in [0.25, 0.3) is 0 Å². The van der Waals surface area contributed by atoms with Gasteiger partial charge in [0.25, 0.3) is 0 Å². The van der Waals surface area contributed by atoms with Crippen LogP contribution in [-0.4, -0.2) is 5.60 Å². The van der Waals surface area contributed by atoms with Crippen molar-refractivity contribution in [3.63, 3.8) is 0 Å². The summed E-state index contributed by atoms with van der Waals surface area (Å²) in [7, 11) is 0. The molecule has 0 saturated heterocycles. The van der Waals surface area contributed by atoms with Crippen molar-refractivity contribution in [1.82, 2.24) is 0 Å². The van der Waals surface area contributed by atoms with Gasteiger partial charge in [0.15, 0.2) is 0 Å². The Balaban J connectivity index is 0. The molecule has 0 aliphatic carbocycles. The summed E-state index contributed by atoms with van der Waals surface area (Å²) >= 11 is 0. The van der Waals surface area contributed by atoms with Gasteiger partial charge in [-0.3, -0.25) is 0 Å². The molecule has 0 rings (SSSR count). The third-order valence-corrected chi connectivity index (χ3v) is 0.250. The third-order valence-electron chi connectivity index (χ3n) is 0.250. The zero-order valence-electron chi connectivity index (χ0n) is 5.32. The van der Waals surface area contributed by atoms with Gasteiger partial charge in [-0.05, 0) is 20.8 Å². The Labute approximate surface area is 66.1 Å². The standard InChI is InChI=1S/C4H10O2.Na/c1-4(2,3)6-5;/h5H,1-3H3;/q;+1/p-1. The van der Waals surface area contributed by atoms with Crippen molar-refractivity contribution in [1.29, 1.82) is 0 Å². The van der Waals surface area contributed by atoms with Crippen LogP contribution in [0, 0.1) is 0 Å². The van der Waals surface area contributed by atoms with Gasteiger partial charge < -0.3 is 10.1 Å². The second-order valence-electron chi connectivity index (χ2n) is 2.20. The van der Waals surface area contributed by atoms with Crippen molar-refractivity contribution in [2.75, 3.05) is 0 Å². The molecule has 38 valence electrons. The Bertz CT molecular complexity index is 39.4. The molecule has 7 heavy (non-hydrogen) atoms. The SMILES string of the molecule is CC(C)(C)O[O-].[Na+]. The van der Waals surface area contributed by atoms with E-state index >= 15 is 0 Å². The van der Waals surface area contributed by atoms with Crippen molar-refractivity contribution >= 4 is 0 Å². The summed E-state index contributed by atoms with van der Waals surface area (Å²) in [5, 5.41) is 9.45. The van der Waals surface area contributed by atoms with Crippen molar-refractivity contribution in [2.24, 2.45) is 0 Å². The van der Waals surface area contributed by atoms with Gasteiger partial charge in [0, 0.05) is 5.60 Å². The summed E-state index contributed by atoms with van der Waals surface area (Å²) in [5.74, 6) is 0. The molecule has 0 spiro atoms. The second kappa shape index (κ2) is 3.87. The number of rotatable bonds is 0. The molecule has 0 aliphatic heterocycles. The van der Waals surface area contributed by atoms with E-state index < -0.39 is 5.60 Å². The molecule has 3 heteroatoms. The summed E-state index contributed by atoms with van der Waals surface area (Å²) in [6.45, 7) is 5.12. The second-order valence-corrected chi connectivity index (χ2v) is 2.20. The molecule has 0 radical (unpaired) electrons. The molecule has 0 aromatic rings. The van der Waals surface area contributed by atoms with Crippen LogP contribution in [0.1, 0.15) is 20.8 Å². The van der Waals surface area contributed by atoms with E-state index in [1.807, 2.05) is 0 Å². The Kier molecular flexibility index (Phi) is 5.98. The van der Waals surface area contributed by atoms with Crippen LogP contribution in [0.5, 0.6) is 0 Å². The summed E-state index contributed by atoms with van der Waals surface area (Å²) < 4.78 is 0. The van der Waals surface area contributed by atoms with Crippen LogP contribution in [0.15, 0.2) is 0 Å². The van der Waals surface area contributed by atoms with Crippen LogP contribution in [0.2, 0.25) is 0 Å². The van der Waals surface area contributed by atoms with Gasteiger partial charge >= 0.3 is 29.6 Å². The quantitative estimate of drug-likeness (QED) is 0.191. The van der Waals surface area contributed by atoms with Crippen LogP contribution in [0.3, 0.4) is 0 Å². The zero-order valence-corrected chi connectivity index (χ0v) is 7.32. The van der Waals surface area contributed by atoms with Crippen LogP contribution in [-0.2, 0) is 4.89 Å². The first-order valence-electron chi connectivity index (χ1n) is 1.87. The van der Waals surface area contributed by atoms with E-state index in [2.05, 4.69) is 4.89 Å². The summed E-state index contributed by atoms with van der Waals surface area (Å²) in [5.41, 5.74) is -0.514. The average molecular weight is 112 g/mol. The van der Waals surface area contributed by atoms with Crippen molar-refractivity contribution in [3.8, 4) is 0 Å². The fourth-order valence-corrected chi connectivity index (χ4v) is 0. The number of hydrogen-bond acceptors (Lipinski definition) is 2. The first-order chi connectivity index (χ1) is 2.56. The first kappa shape index (κ1) is 10.8. The molecule has 0 aromatic heterocycles. The van der Waals surface area contributed by atoms with Gasteiger partial charge in [0.05, 0.1) is 0 Å². The molecular formula is C4H9NaO2. The zero-order chi connectivity index (χ0) is 5.21. The Morgan fingerprint density at radius 1 is 1.29 bits per heavy atom. The smallest absolute Gasteiger partial charge is 0.723 e. The monoisotopic (exact) mass is 112 g/mol. The van der Waals surface area contributed by atoms with Crippen molar-refractivity contribution < 1.29 is 39.7 Å². The van der Waals surface area contributed by atoms with Crippen molar-refractivity contribution in [3.05, 3.63) is 0 Å². The maximum Gasteiger partial charge on any atom is 1.00 e. The molecule has 0 N–H and O–H groups in total. The molecule has 2 nitrogen and oxygen atoms in total. The van der Waals surface area contributed by atoms with E-state index in [1.165, 1.54) is 0 Å². The van der Waals surface area contributed by atoms with E-state index in [9.17, 15) is 5.26 Å². The van der Waals surface area contributed by atoms with E-state index in [-0.39, 0.29) is 29.6 Å².